The highest BCUT2D eigenvalue weighted by Crippen LogP contribution is 2.06. The number of ether oxygens (including phenoxy) is 1. The molecule has 0 radical (unpaired) electrons. The van der Waals surface area contributed by atoms with E-state index in [4.69, 9.17) is 4.74 Å². The van der Waals surface area contributed by atoms with Crippen LogP contribution in [0.2, 0.25) is 0 Å². The first kappa shape index (κ1) is 11.3. The Kier molecular flexibility index (Phi) is 6.53. The van der Waals surface area contributed by atoms with Crippen LogP contribution in [-0.4, -0.2) is 20.2 Å². The minimum absolute atomic E-state index is 0. The molecular formula is C9H13ClNO-. The van der Waals surface area contributed by atoms with E-state index in [9.17, 15) is 0 Å². The summed E-state index contributed by atoms with van der Waals surface area (Å²) in [6, 6.07) is 9.82. The van der Waals surface area contributed by atoms with E-state index in [2.05, 4.69) is 5.32 Å². The maximum absolute atomic E-state index is 5.38. The second-order valence-corrected chi connectivity index (χ2v) is 2.27. The number of halogens is 1. The molecule has 2 nitrogen and oxygen atoms in total. The Morgan fingerprint density at radius 1 is 1.25 bits per heavy atom. The van der Waals surface area contributed by atoms with E-state index in [1.807, 2.05) is 37.4 Å². The van der Waals surface area contributed by atoms with Crippen LogP contribution >= 0.6 is 0 Å². The van der Waals surface area contributed by atoms with E-state index in [1.54, 1.807) is 0 Å². The molecule has 0 aliphatic rings. The normalized spacial score (nSPS) is 8.75. The molecule has 1 N–H and O–H groups in total. The molecule has 0 amide bonds. The molecule has 0 unspecified atom stereocenters. The van der Waals surface area contributed by atoms with Gasteiger partial charge in [-0.05, 0) is 19.2 Å². The molecule has 68 valence electrons. The molecule has 0 spiro atoms. The molecule has 12 heavy (non-hydrogen) atoms. The van der Waals surface area contributed by atoms with Crippen molar-refractivity contribution in [1.82, 2.24) is 5.32 Å². The van der Waals surface area contributed by atoms with Gasteiger partial charge in [0.15, 0.2) is 0 Å². The molecule has 1 aromatic rings. The van der Waals surface area contributed by atoms with Crippen molar-refractivity contribution in [1.29, 1.82) is 0 Å². The molecule has 0 aromatic heterocycles. The van der Waals surface area contributed by atoms with Crippen LogP contribution in [0, 0.1) is 0 Å². The van der Waals surface area contributed by atoms with E-state index < -0.39 is 0 Å². The van der Waals surface area contributed by atoms with Gasteiger partial charge in [0, 0.05) is 6.54 Å². The number of nitrogens with one attached hydrogen (secondary N) is 1. The zero-order chi connectivity index (χ0) is 7.94. The van der Waals surface area contributed by atoms with E-state index in [-0.39, 0.29) is 12.4 Å². The average Bonchev–Trinajstić information content (AvgIpc) is 2.07. The lowest BCUT2D eigenvalue weighted by Gasteiger charge is -2.03. The predicted octanol–water partition coefficient (Wildman–Crippen LogP) is -1.71. The van der Waals surface area contributed by atoms with Crippen LogP contribution in [0.1, 0.15) is 0 Å². The maximum atomic E-state index is 5.38. The molecular weight excluding hydrogens is 174 g/mol. The van der Waals surface area contributed by atoms with Gasteiger partial charge in [0.2, 0.25) is 0 Å². The summed E-state index contributed by atoms with van der Waals surface area (Å²) in [4.78, 5) is 0. The highest BCUT2D eigenvalue weighted by atomic mass is 35.5. The highest BCUT2D eigenvalue weighted by molar-refractivity contribution is 5.20. The number of hydrogen-bond acceptors (Lipinski definition) is 2. The summed E-state index contributed by atoms with van der Waals surface area (Å²) < 4.78 is 5.38. The van der Waals surface area contributed by atoms with Gasteiger partial charge in [-0.25, -0.2) is 0 Å². The third-order valence-electron chi connectivity index (χ3n) is 1.36. The summed E-state index contributed by atoms with van der Waals surface area (Å²) in [5, 5.41) is 3.01. The van der Waals surface area contributed by atoms with E-state index >= 15 is 0 Å². The Morgan fingerprint density at radius 2 is 1.92 bits per heavy atom. The Balaban J connectivity index is 0.00000121. The summed E-state index contributed by atoms with van der Waals surface area (Å²) in [5.41, 5.74) is 0. The van der Waals surface area contributed by atoms with Crippen molar-refractivity contribution in [2.24, 2.45) is 0 Å². The van der Waals surface area contributed by atoms with Crippen molar-refractivity contribution in [3.05, 3.63) is 30.3 Å². The van der Waals surface area contributed by atoms with Crippen LogP contribution in [0.25, 0.3) is 0 Å². The van der Waals surface area contributed by atoms with Crippen LogP contribution in [0.5, 0.6) is 5.75 Å². The van der Waals surface area contributed by atoms with Gasteiger partial charge in [0.05, 0.1) is 0 Å². The quantitative estimate of drug-likeness (QED) is 0.566. The molecule has 0 aliphatic carbocycles. The molecule has 0 bridgehead atoms. The zero-order valence-electron chi connectivity index (χ0n) is 7.09. The van der Waals surface area contributed by atoms with Gasteiger partial charge in [-0.3, -0.25) is 0 Å². The van der Waals surface area contributed by atoms with Crippen molar-refractivity contribution in [2.45, 2.75) is 0 Å². The summed E-state index contributed by atoms with van der Waals surface area (Å²) in [5.74, 6) is 0.933. The standard InChI is InChI=1S/C9H13NO.ClH/c1-10-7-8-11-9-5-3-2-4-6-9;/h2-6,10H,7-8H2,1H3;1H/p-1. The van der Waals surface area contributed by atoms with Gasteiger partial charge >= 0.3 is 0 Å². The van der Waals surface area contributed by atoms with Crippen LogP contribution in [0.3, 0.4) is 0 Å². The largest absolute Gasteiger partial charge is 1.00 e. The predicted molar refractivity (Wildman–Crippen MR) is 45.9 cm³/mol. The lowest BCUT2D eigenvalue weighted by Crippen LogP contribution is -3.00. The first-order chi connectivity index (χ1) is 5.43. The molecule has 1 rings (SSSR count). The van der Waals surface area contributed by atoms with E-state index in [0.717, 1.165) is 18.9 Å². The lowest BCUT2D eigenvalue weighted by atomic mass is 10.3. The Hall–Kier alpha value is -0.730. The molecule has 0 saturated carbocycles. The second kappa shape index (κ2) is 6.95. The summed E-state index contributed by atoms with van der Waals surface area (Å²) in [6.45, 7) is 1.61. The number of hydrogen-bond donors (Lipinski definition) is 1. The van der Waals surface area contributed by atoms with Gasteiger partial charge < -0.3 is 22.5 Å². The average molecular weight is 187 g/mol. The van der Waals surface area contributed by atoms with Crippen molar-refractivity contribution in [3.8, 4) is 5.75 Å². The first-order valence-corrected chi connectivity index (χ1v) is 3.76. The second-order valence-electron chi connectivity index (χ2n) is 2.27. The first-order valence-electron chi connectivity index (χ1n) is 3.76. The maximum Gasteiger partial charge on any atom is 0.119 e. The van der Waals surface area contributed by atoms with Crippen molar-refractivity contribution < 1.29 is 17.1 Å². The fourth-order valence-electron chi connectivity index (χ4n) is 0.788. The lowest BCUT2D eigenvalue weighted by molar-refractivity contribution is -0.00000277. The van der Waals surface area contributed by atoms with Crippen LogP contribution in [0.15, 0.2) is 30.3 Å². The monoisotopic (exact) mass is 186 g/mol. The number of benzene rings is 1. The van der Waals surface area contributed by atoms with E-state index in [0.29, 0.717) is 0 Å². The SMILES string of the molecule is CNCCOc1ccccc1.[Cl-]. The van der Waals surface area contributed by atoms with Crippen molar-refractivity contribution in [3.63, 3.8) is 0 Å². The molecule has 0 atom stereocenters. The van der Waals surface area contributed by atoms with Crippen molar-refractivity contribution >= 4 is 0 Å². The molecule has 0 fully saturated rings. The minimum atomic E-state index is 0. The topological polar surface area (TPSA) is 21.3 Å². The fourth-order valence-corrected chi connectivity index (χ4v) is 0.788. The van der Waals surface area contributed by atoms with Crippen molar-refractivity contribution in [2.75, 3.05) is 20.2 Å². The molecule has 0 heterocycles. The van der Waals surface area contributed by atoms with Crippen LogP contribution < -0.4 is 22.5 Å². The van der Waals surface area contributed by atoms with E-state index in [1.165, 1.54) is 0 Å². The summed E-state index contributed by atoms with van der Waals surface area (Å²) in [6.07, 6.45) is 0. The fraction of sp³-hybridized carbons (Fsp3) is 0.333. The Labute approximate surface area is 79.3 Å². The highest BCUT2D eigenvalue weighted by Gasteiger charge is 1.87. The van der Waals surface area contributed by atoms with Gasteiger partial charge in [0.1, 0.15) is 12.4 Å². The molecule has 1 aromatic carbocycles. The molecule has 0 aliphatic heterocycles. The smallest absolute Gasteiger partial charge is 0.119 e. The van der Waals surface area contributed by atoms with Crippen LogP contribution in [0.4, 0.5) is 0 Å². The Morgan fingerprint density at radius 3 is 2.50 bits per heavy atom. The van der Waals surface area contributed by atoms with Gasteiger partial charge in [0.25, 0.3) is 0 Å². The van der Waals surface area contributed by atoms with Gasteiger partial charge in [-0.2, -0.15) is 0 Å². The van der Waals surface area contributed by atoms with Crippen LogP contribution in [-0.2, 0) is 0 Å². The zero-order valence-corrected chi connectivity index (χ0v) is 7.84. The third kappa shape index (κ3) is 4.21. The van der Waals surface area contributed by atoms with Gasteiger partial charge in [-0.1, -0.05) is 18.2 Å². The minimum Gasteiger partial charge on any atom is -1.00 e. The van der Waals surface area contributed by atoms with Gasteiger partial charge in [-0.15, -0.1) is 0 Å². The third-order valence-corrected chi connectivity index (χ3v) is 1.36. The summed E-state index contributed by atoms with van der Waals surface area (Å²) in [7, 11) is 1.91. The number of likely N-dealkylation sites (N-methyl/N-ethyl adjacent to an activating group) is 1. The number of rotatable bonds is 4. The number of para-hydroxylation sites is 1. The summed E-state index contributed by atoms with van der Waals surface area (Å²) >= 11 is 0. The Bertz CT molecular complexity index is 191. The molecule has 0 saturated heterocycles. The molecule has 3 heteroatoms.